The van der Waals surface area contributed by atoms with Crippen LogP contribution in [0.25, 0.3) is 31.2 Å². The number of halogens is 3. The van der Waals surface area contributed by atoms with Crippen molar-refractivity contribution in [1.29, 1.82) is 0 Å². The highest BCUT2D eigenvalue weighted by molar-refractivity contribution is 7.60. The molecule has 2 aromatic heterocycles. The zero-order valence-corrected chi connectivity index (χ0v) is 62.4. The molecule has 6 fully saturated rings. The Morgan fingerprint density at radius 2 is 1.11 bits per heavy atom. The monoisotopic (exact) mass is 1500 g/mol. The Hall–Kier alpha value is -6.15. The van der Waals surface area contributed by atoms with Crippen LogP contribution in [-0.2, 0) is 45.0 Å². The van der Waals surface area contributed by atoms with Gasteiger partial charge in [-0.1, -0.05) is 80.2 Å². The molecule has 14 rings (SSSR count). The van der Waals surface area contributed by atoms with Gasteiger partial charge in [0.25, 0.3) is 5.91 Å². The van der Waals surface area contributed by atoms with Crippen molar-refractivity contribution >= 4 is 149 Å². The van der Waals surface area contributed by atoms with E-state index in [0.717, 1.165) is 135 Å². The van der Waals surface area contributed by atoms with E-state index in [2.05, 4.69) is 107 Å². The standard InChI is InChI=1S/C36H42FN7O3.C34H37ClFN7O3.CH4.6H2S/c1-25-7-3-8-26-9-4-10-32(34(25)26)42-15-12-30-31(23-42)39-36(46-18-6-14-41-22-29-19-27(41)24-47-29)40-35(30)43-16-17-44(28(21-43)20-38-2)33(45)11-5-13-37;1-22(36)33(44)43-14-13-42(18-25(43)17-37-2)32-27-10-12-41(30-9-4-7-23-6-3-8-28(35)31(23)30)20-29(27)38-34(39-32)45-15-5-11-40-19-26-16-24(40)21-46-26;;;;;;;/h3-5,7-11,27-29H,6,12-24H2,1H3;3-4,6-9,24-26H,1,5,10-21H2;1H4;6*1H2/b11-5+;;;;;;;;/t27-,28-,29-;24-,25-,26-;;;;;;;/m00......./s1. The van der Waals surface area contributed by atoms with E-state index in [9.17, 15) is 18.4 Å². The van der Waals surface area contributed by atoms with Crippen molar-refractivity contribution in [3.8, 4) is 12.0 Å². The summed E-state index contributed by atoms with van der Waals surface area (Å²) < 4.78 is 50.6. The second kappa shape index (κ2) is 37.9. The molecule has 8 aliphatic heterocycles. The number of nitrogens with zero attached hydrogens (tertiary/aromatic N) is 14. The molecule has 0 saturated carbocycles. The van der Waals surface area contributed by atoms with E-state index >= 15 is 0 Å². The van der Waals surface area contributed by atoms with E-state index in [-0.39, 0.29) is 120 Å². The number of aromatic nitrogens is 4. The molecule has 0 N–H and O–H groups in total. The van der Waals surface area contributed by atoms with E-state index in [4.69, 9.17) is 63.6 Å². The quantitative estimate of drug-likeness (QED) is 0.0428. The lowest BCUT2D eigenvalue weighted by Crippen LogP contribution is -2.57. The van der Waals surface area contributed by atoms with Gasteiger partial charge < -0.3 is 58.0 Å². The summed E-state index contributed by atoms with van der Waals surface area (Å²) in [6, 6.07) is 25.9. The number of piperazine rings is 2. The highest BCUT2D eigenvalue weighted by atomic mass is 35.5. The largest absolute Gasteiger partial charge is 0.463 e. The van der Waals surface area contributed by atoms with E-state index in [1.165, 1.54) is 39.1 Å². The Kier molecular flexibility index (Phi) is 31.3. The fraction of sp³-hybridized carbons (Fsp3) is 0.493. The number of allylic oxidation sites excluding steroid dienone is 1. The van der Waals surface area contributed by atoms with Gasteiger partial charge in [0.2, 0.25) is 19.0 Å². The number of hydrogen-bond donors (Lipinski definition) is 0. The van der Waals surface area contributed by atoms with Crippen LogP contribution in [0.15, 0.2) is 97.4 Å². The Bertz CT molecular complexity index is 3910. The number of hydrogen-bond acceptors (Lipinski definition) is 16. The minimum absolute atomic E-state index is 0. The number of rotatable bonds is 19. The molecule has 100 heavy (non-hydrogen) atoms. The molecule has 0 aliphatic carbocycles. The fourth-order valence-electron chi connectivity index (χ4n) is 15.1. The van der Waals surface area contributed by atoms with Crippen molar-refractivity contribution in [3.05, 3.63) is 153 Å². The summed E-state index contributed by atoms with van der Waals surface area (Å²) in [4.78, 5) is 69.5. The predicted molar refractivity (Wildman–Crippen MR) is 424 cm³/mol. The lowest BCUT2D eigenvalue weighted by atomic mass is 9.99. The van der Waals surface area contributed by atoms with Crippen molar-refractivity contribution in [3.63, 3.8) is 0 Å². The van der Waals surface area contributed by atoms with Gasteiger partial charge in [0.15, 0.2) is 5.83 Å². The van der Waals surface area contributed by atoms with Crippen LogP contribution in [0, 0.1) is 20.1 Å². The average molecular weight is 1510 g/mol. The van der Waals surface area contributed by atoms with Crippen LogP contribution in [0.5, 0.6) is 12.0 Å². The molecule has 4 bridgehead atoms. The Balaban J connectivity index is 0.000000294. The third-order valence-electron chi connectivity index (χ3n) is 19.6. The zero-order valence-electron chi connectivity index (χ0n) is 55.7. The summed E-state index contributed by atoms with van der Waals surface area (Å²) in [5, 5.41) is 5.28. The number of morpholine rings is 2. The lowest BCUT2D eigenvalue weighted by molar-refractivity contribution is -0.131. The third-order valence-corrected chi connectivity index (χ3v) is 19.9. The minimum Gasteiger partial charge on any atom is -0.463 e. The van der Waals surface area contributed by atoms with Crippen LogP contribution in [0.1, 0.15) is 61.2 Å². The molecular formula is C71H95ClF2N14O6S6. The van der Waals surface area contributed by atoms with Crippen LogP contribution in [0.2, 0.25) is 5.02 Å². The minimum atomic E-state index is -1.01. The summed E-state index contributed by atoms with van der Waals surface area (Å²) in [6.07, 6.45) is 8.66. The van der Waals surface area contributed by atoms with Gasteiger partial charge in [0.1, 0.15) is 30.4 Å². The molecule has 4 aromatic carbocycles. The number of carbonyl (C=O) groups excluding carboxylic acids is 2. The zero-order chi connectivity index (χ0) is 64.1. The highest BCUT2D eigenvalue weighted by Gasteiger charge is 2.41. The maximum Gasteiger partial charge on any atom is 0.318 e. The first-order valence-electron chi connectivity index (χ1n) is 32.7. The molecule has 6 aromatic rings. The van der Waals surface area contributed by atoms with Crippen LogP contribution >= 0.6 is 92.6 Å². The number of likely N-dealkylation sites (tertiary alicyclic amines) is 2. The molecule has 0 radical (unpaired) electrons. The number of ether oxygens (including phenoxy) is 4. The number of fused-ring (bicyclic) bond motifs is 8. The van der Waals surface area contributed by atoms with Gasteiger partial charge in [0, 0.05) is 130 Å². The van der Waals surface area contributed by atoms with E-state index in [1.807, 2.05) is 18.2 Å². The topological polar surface area (TPSA) is 157 Å². The van der Waals surface area contributed by atoms with Crippen molar-refractivity contribution < 1.29 is 37.3 Å². The molecule has 20 nitrogen and oxygen atoms in total. The van der Waals surface area contributed by atoms with Crippen LogP contribution in [0.3, 0.4) is 0 Å². The van der Waals surface area contributed by atoms with Gasteiger partial charge in [-0.15, -0.1) is 0 Å². The average Bonchev–Trinajstić information content (AvgIpc) is 0.789. The number of amides is 2. The Morgan fingerprint density at radius 1 is 0.640 bits per heavy atom. The first kappa shape index (κ1) is 82.8. The van der Waals surface area contributed by atoms with Gasteiger partial charge in [-0.3, -0.25) is 19.4 Å². The highest BCUT2D eigenvalue weighted by Crippen LogP contribution is 2.40. The van der Waals surface area contributed by atoms with Crippen molar-refractivity contribution in [2.75, 3.05) is 144 Å². The van der Waals surface area contributed by atoms with E-state index in [1.54, 1.807) is 4.90 Å². The van der Waals surface area contributed by atoms with Gasteiger partial charge in [0.05, 0.1) is 68.1 Å². The van der Waals surface area contributed by atoms with Crippen molar-refractivity contribution in [2.45, 2.75) is 102 Å². The van der Waals surface area contributed by atoms with E-state index < -0.39 is 24.5 Å². The molecule has 29 heteroatoms. The Labute approximate surface area is 633 Å². The SMILES string of the molecule is C.S.S.S.S.S.S.[C-]#[N+]C[C@H]1CN(c2nc(OCCCN3C[C@@H]4C[C@H]3CO4)nc3c2CCN(c2cccc4cccc(C)c24)C3)CCN1C(=O)/C=C/CF.[C-]#[N+]C[C@H]1CN(c2nc(OCCCN3C[C@@H]4C[C@H]3CO4)nc3c2CCN(c2cccc4cccc(Cl)c24)C3)CCN1C(=O)C(=C)F. The second-order valence-electron chi connectivity index (χ2n) is 25.4. The first-order valence-corrected chi connectivity index (χ1v) is 33.1. The molecule has 0 unspecified atom stereocenters. The van der Waals surface area contributed by atoms with Crippen molar-refractivity contribution in [1.82, 2.24) is 39.5 Å². The number of anilines is 4. The molecular weight excluding hydrogens is 1410 g/mol. The molecule has 6 atom stereocenters. The van der Waals surface area contributed by atoms with Crippen LogP contribution < -0.4 is 29.1 Å². The lowest BCUT2D eigenvalue weighted by Gasteiger charge is -2.41. The molecule has 10 heterocycles. The van der Waals surface area contributed by atoms with Gasteiger partial charge in [-0.05, 0) is 86.1 Å². The number of alkyl halides is 1. The maximum atomic E-state index is 13.8. The summed E-state index contributed by atoms with van der Waals surface area (Å²) in [5.74, 6) is -0.450. The van der Waals surface area contributed by atoms with Gasteiger partial charge in [-0.25, -0.2) is 21.9 Å². The molecule has 542 valence electrons. The molecule has 0 spiro atoms. The smallest absolute Gasteiger partial charge is 0.318 e. The summed E-state index contributed by atoms with van der Waals surface area (Å²) in [7, 11) is 0. The summed E-state index contributed by atoms with van der Waals surface area (Å²) in [5.41, 5.74) is 7.44. The van der Waals surface area contributed by atoms with E-state index in [0.29, 0.717) is 107 Å². The maximum absolute atomic E-state index is 13.8. The first-order chi connectivity index (χ1) is 45.4. The van der Waals surface area contributed by atoms with Gasteiger partial charge >= 0.3 is 12.0 Å². The number of carbonyl (C=O) groups is 2. The van der Waals surface area contributed by atoms with Crippen molar-refractivity contribution in [2.24, 2.45) is 0 Å². The normalized spacial score (nSPS) is 21.1. The molecule has 6 saturated heterocycles. The fourth-order valence-corrected chi connectivity index (χ4v) is 15.4. The number of benzene rings is 4. The van der Waals surface area contributed by atoms with Crippen LogP contribution in [-0.4, -0.2) is 212 Å². The predicted octanol–water partition coefficient (Wildman–Crippen LogP) is 10.0. The molecule has 8 aliphatic rings. The Morgan fingerprint density at radius 3 is 1.58 bits per heavy atom. The summed E-state index contributed by atoms with van der Waals surface area (Å²) in [6.45, 7) is 31.7. The number of aryl methyl sites for hydroxylation is 1. The summed E-state index contributed by atoms with van der Waals surface area (Å²) >= 11 is 6.70. The van der Waals surface area contributed by atoms with Crippen LogP contribution in [0.4, 0.5) is 31.8 Å². The second-order valence-corrected chi connectivity index (χ2v) is 25.8. The molecule has 2 amide bonds. The van der Waals surface area contributed by atoms with Gasteiger partial charge in [-0.2, -0.15) is 101 Å². The third kappa shape index (κ3) is 18.2.